The van der Waals surface area contributed by atoms with Crippen molar-refractivity contribution in [3.63, 3.8) is 0 Å². The molecule has 0 unspecified atom stereocenters. The van der Waals surface area contributed by atoms with Gasteiger partial charge < -0.3 is 14.0 Å². The van der Waals surface area contributed by atoms with E-state index in [0.717, 1.165) is 9.69 Å². The molecule has 222 valence electrons. The van der Waals surface area contributed by atoms with Gasteiger partial charge in [-0.15, -0.1) is 0 Å². The molecule has 4 aromatic carbocycles. The van der Waals surface area contributed by atoms with Crippen molar-refractivity contribution in [3.05, 3.63) is 101 Å². The Hall–Kier alpha value is -4.12. The van der Waals surface area contributed by atoms with Crippen molar-refractivity contribution in [2.45, 2.75) is 37.9 Å². The maximum atomic E-state index is 13.8. The van der Waals surface area contributed by atoms with Gasteiger partial charge in [0.2, 0.25) is 5.82 Å². The number of carbonyl (C=O) groups is 1. The zero-order chi connectivity index (χ0) is 30.8. The van der Waals surface area contributed by atoms with Crippen LogP contribution in [0.4, 0.5) is 5.69 Å². The predicted octanol–water partition coefficient (Wildman–Crippen LogP) is 7.31. The second kappa shape index (κ2) is 12.2. The van der Waals surface area contributed by atoms with E-state index < -0.39 is 28.1 Å². The highest BCUT2D eigenvalue weighted by Gasteiger charge is 2.30. The van der Waals surface area contributed by atoms with E-state index in [2.05, 4.69) is 10.1 Å². The first-order valence-electron chi connectivity index (χ1n) is 13.1. The Labute approximate surface area is 259 Å². The highest BCUT2D eigenvalue weighted by atomic mass is 35.5. The highest BCUT2D eigenvalue weighted by Crippen LogP contribution is 2.32. The molecule has 5 aromatic rings. The molecule has 43 heavy (non-hydrogen) atoms. The highest BCUT2D eigenvalue weighted by molar-refractivity contribution is 7.92. The van der Waals surface area contributed by atoms with Gasteiger partial charge in [0, 0.05) is 15.6 Å². The summed E-state index contributed by atoms with van der Waals surface area (Å²) in [4.78, 5) is 17.1. The third-order valence-corrected chi connectivity index (χ3v) is 8.24. The Bertz CT molecular complexity index is 1870. The molecule has 9 nitrogen and oxygen atoms in total. The summed E-state index contributed by atoms with van der Waals surface area (Å²) < 4.78 is 45.2. The molecule has 1 heterocycles. The van der Waals surface area contributed by atoms with Crippen molar-refractivity contribution in [3.8, 4) is 17.2 Å². The van der Waals surface area contributed by atoms with Gasteiger partial charge in [0.15, 0.2) is 6.61 Å². The third kappa shape index (κ3) is 7.45. The molecular weight excluding hydrogens is 613 g/mol. The summed E-state index contributed by atoms with van der Waals surface area (Å²) in [6.45, 7) is 4.69. The van der Waals surface area contributed by atoms with E-state index in [-0.39, 0.29) is 27.2 Å². The number of hydrogen-bond donors (Lipinski definition) is 0. The zero-order valence-electron chi connectivity index (χ0n) is 23.5. The molecule has 0 fully saturated rings. The predicted molar refractivity (Wildman–Crippen MR) is 165 cm³/mol. The van der Waals surface area contributed by atoms with E-state index in [4.69, 9.17) is 37.2 Å². The lowest BCUT2D eigenvalue weighted by molar-refractivity contribution is -0.152. The average molecular weight is 641 g/mol. The minimum atomic E-state index is -4.27. The van der Waals surface area contributed by atoms with Crippen LogP contribution in [0, 0.1) is 0 Å². The molecule has 0 spiro atoms. The molecule has 0 radical (unpaired) electrons. The number of carbonyl (C=O) groups excluding carboxylic acids is 1. The van der Waals surface area contributed by atoms with Crippen LogP contribution in [0.2, 0.25) is 10.0 Å². The fourth-order valence-electron chi connectivity index (χ4n) is 4.23. The van der Waals surface area contributed by atoms with Crippen LogP contribution in [0.1, 0.15) is 26.6 Å². The normalized spacial score (nSPS) is 11.8. The second-order valence-electron chi connectivity index (χ2n) is 10.6. The minimum absolute atomic E-state index is 0.143. The number of hydrogen-bond acceptors (Lipinski definition) is 8. The first kappa shape index (κ1) is 30.3. The largest absolute Gasteiger partial charge is 0.485 e. The van der Waals surface area contributed by atoms with E-state index in [1.54, 1.807) is 51.1 Å². The first-order chi connectivity index (χ1) is 20.4. The molecule has 1 aromatic heterocycles. The van der Waals surface area contributed by atoms with Gasteiger partial charge in [0.25, 0.3) is 15.9 Å². The maximum Gasteiger partial charge on any atom is 0.327 e. The Morgan fingerprint density at radius 3 is 2.28 bits per heavy atom. The number of ether oxygens (including phenoxy) is 2. The number of anilines is 1. The fraction of sp³-hybridized carbons (Fsp3) is 0.194. The van der Waals surface area contributed by atoms with Gasteiger partial charge in [-0.1, -0.05) is 58.7 Å². The molecule has 0 atom stereocenters. The summed E-state index contributed by atoms with van der Waals surface area (Å²) >= 11 is 12.2. The SMILES string of the molecule is CC(C)(C)OC(=O)CN(c1ccc2cc(-c3nc(COc4ccccc4)no3)ccc2c1)S(=O)(=O)c1cc(Cl)cc(Cl)c1. The van der Waals surface area contributed by atoms with Gasteiger partial charge in [-0.05, 0) is 86.1 Å². The summed E-state index contributed by atoms with van der Waals surface area (Å²) in [6, 6.07) is 23.7. The lowest BCUT2D eigenvalue weighted by Gasteiger charge is -2.26. The van der Waals surface area contributed by atoms with Crippen molar-refractivity contribution >= 4 is 55.7 Å². The van der Waals surface area contributed by atoms with Crippen molar-refractivity contribution in [2.75, 3.05) is 10.8 Å². The van der Waals surface area contributed by atoms with Gasteiger partial charge in [-0.25, -0.2) is 8.42 Å². The van der Waals surface area contributed by atoms with E-state index in [1.807, 2.05) is 36.4 Å². The average Bonchev–Trinajstić information content (AvgIpc) is 3.42. The Kier molecular flexibility index (Phi) is 8.64. The minimum Gasteiger partial charge on any atom is -0.485 e. The van der Waals surface area contributed by atoms with Crippen molar-refractivity contribution in [1.82, 2.24) is 10.1 Å². The van der Waals surface area contributed by atoms with Crippen LogP contribution in [0.15, 0.2) is 94.3 Å². The number of nitrogens with zero attached hydrogens (tertiary/aromatic N) is 3. The summed E-state index contributed by atoms with van der Waals surface area (Å²) in [7, 11) is -4.27. The van der Waals surface area contributed by atoms with Crippen molar-refractivity contribution in [1.29, 1.82) is 0 Å². The molecule has 5 rings (SSSR count). The Morgan fingerprint density at radius 1 is 0.907 bits per heavy atom. The van der Waals surface area contributed by atoms with Crippen LogP contribution in [-0.2, 0) is 26.2 Å². The van der Waals surface area contributed by atoms with Crippen LogP contribution in [0.3, 0.4) is 0 Å². The van der Waals surface area contributed by atoms with Crippen LogP contribution >= 0.6 is 23.2 Å². The first-order valence-corrected chi connectivity index (χ1v) is 15.3. The molecular formula is C31H27Cl2N3O6S. The molecule has 0 aliphatic rings. The molecule has 0 saturated carbocycles. The smallest absolute Gasteiger partial charge is 0.327 e. The second-order valence-corrected chi connectivity index (χ2v) is 13.3. The molecule has 0 bridgehead atoms. The summed E-state index contributed by atoms with van der Waals surface area (Å²) in [5.41, 5.74) is 0.111. The summed E-state index contributed by atoms with van der Waals surface area (Å²) in [5, 5.41) is 5.78. The summed E-state index contributed by atoms with van der Waals surface area (Å²) in [6.07, 6.45) is 0. The van der Waals surface area contributed by atoms with Gasteiger partial charge >= 0.3 is 5.97 Å². The van der Waals surface area contributed by atoms with Crippen molar-refractivity contribution in [2.24, 2.45) is 0 Å². The number of sulfonamides is 1. The number of halogens is 2. The van der Waals surface area contributed by atoms with E-state index in [0.29, 0.717) is 28.4 Å². The lowest BCUT2D eigenvalue weighted by atomic mass is 10.1. The van der Waals surface area contributed by atoms with E-state index >= 15 is 0 Å². The van der Waals surface area contributed by atoms with Gasteiger partial charge in [0.05, 0.1) is 10.6 Å². The standard InChI is InChI=1S/C31H27Cl2N3O6S/c1-31(2,3)41-29(37)18-36(43(38,39)27-16-23(32)15-24(33)17-27)25-12-11-20-13-22(10-9-21(20)14-25)30-34-28(35-42-30)19-40-26-7-5-4-6-8-26/h4-17H,18-19H2,1-3H3. The van der Waals surface area contributed by atoms with Crippen LogP contribution in [0.5, 0.6) is 5.75 Å². The Balaban J connectivity index is 1.44. The number of esters is 1. The molecule has 12 heteroatoms. The number of para-hydroxylation sites is 1. The number of benzene rings is 4. The van der Waals surface area contributed by atoms with Crippen molar-refractivity contribution < 1.29 is 27.2 Å². The molecule has 0 aliphatic heterocycles. The van der Waals surface area contributed by atoms with E-state index in [1.165, 1.54) is 18.2 Å². The molecule has 0 aliphatic carbocycles. The molecule has 0 N–H and O–H groups in total. The van der Waals surface area contributed by atoms with Crippen LogP contribution < -0.4 is 9.04 Å². The number of fused-ring (bicyclic) bond motifs is 1. The third-order valence-electron chi connectivity index (χ3n) is 6.05. The molecule has 0 saturated heterocycles. The fourth-order valence-corrected chi connectivity index (χ4v) is 6.35. The van der Waals surface area contributed by atoms with Crippen LogP contribution in [-0.4, -0.2) is 36.7 Å². The number of rotatable bonds is 9. The zero-order valence-corrected chi connectivity index (χ0v) is 25.8. The quantitative estimate of drug-likeness (QED) is 0.154. The summed E-state index contributed by atoms with van der Waals surface area (Å²) in [5.74, 6) is 0.669. The molecule has 0 amide bonds. The van der Waals surface area contributed by atoms with E-state index in [9.17, 15) is 13.2 Å². The topological polar surface area (TPSA) is 112 Å². The number of aromatic nitrogens is 2. The maximum absolute atomic E-state index is 13.8. The lowest BCUT2D eigenvalue weighted by Crippen LogP contribution is -2.39. The van der Waals surface area contributed by atoms with Gasteiger partial charge in [-0.2, -0.15) is 4.98 Å². The van der Waals surface area contributed by atoms with Gasteiger partial charge in [-0.3, -0.25) is 9.10 Å². The monoisotopic (exact) mass is 639 g/mol. The van der Waals surface area contributed by atoms with Crippen LogP contribution in [0.25, 0.3) is 22.2 Å². The van der Waals surface area contributed by atoms with Gasteiger partial charge in [0.1, 0.15) is 17.9 Å². The Morgan fingerprint density at radius 2 is 1.58 bits per heavy atom.